The van der Waals surface area contributed by atoms with Gasteiger partial charge in [0.1, 0.15) is 0 Å². The lowest BCUT2D eigenvalue weighted by Gasteiger charge is -2.26. The molecule has 1 rings (SSSR count). The topological polar surface area (TPSA) is 66.6 Å². The van der Waals surface area contributed by atoms with Gasteiger partial charge in [0.25, 0.3) is 0 Å². The Labute approximate surface area is 72.3 Å². The molecule has 4 heteroatoms. The number of likely N-dealkylation sites (tertiary alicyclic amines) is 1. The molecule has 70 valence electrons. The maximum atomic E-state index is 10.9. The van der Waals surface area contributed by atoms with Crippen molar-refractivity contribution in [2.24, 2.45) is 5.73 Å². The Balaban J connectivity index is 2.57. The molecule has 1 heterocycles. The van der Waals surface area contributed by atoms with Crippen molar-refractivity contribution in [2.75, 3.05) is 13.2 Å². The first kappa shape index (κ1) is 9.32. The van der Waals surface area contributed by atoms with Crippen LogP contribution >= 0.6 is 0 Å². The minimum atomic E-state index is -0.407. The summed E-state index contributed by atoms with van der Waals surface area (Å²) in [5, 5.41) is 8.99. The molecule has 0 saturated carbocycles. The van der Waals surface area contributed by atoms with E-state index in [-0.39, 0.29) is 12.6 Å². The average Bonchev–Trinajstić information content (AvgIpc) is 2.27. The fraction of sp³-hybridized carbons (Fsp3) is 0.875. The van der Waals surface area contributed by atoms with E-state index in [0.29, 0.717) is 6.54 Å². The van der Waals surface area contributed by atoms with Crippen molar-refractivity contribution >= 4 is 6.03 Å². The Morgan fingerprint density at radius 1 is 1.50 bits per heavy atom. The van der Waals surface area contributed by atoms with Gasteiger partial charge < -0.3 is 15.7 Å². The highest BCUT2D eigenvalue weighted by atomic mass is 16.3. The first-order chi connectivity index (χ1) is 5.75. The van der Waals surface area contributed by atoms with Gasteiger partial charge >= 0.3 is 6.03 Å². The van der Waals surface area contributed by atoms with Crippen molar-refractivity contribution in [3.63, 3.8) is 0 Å². The molecule has 0 aromatic carbocycles. The minimum Gasteiger partial charge on any atom is -0.394 e. The highest BCUT2D eigenvalue weighted by Gasteiger charge is 2.22. The van der Waals surface area contributed by atoms with Gasteiger partial charge in [0.05, 0.1) is 12.6 Å². The second-order valence-corrected chi connectivity index (χ2v) is 3.22. The van der Waals surface area contributed by atoms with E-state index >= 15 is 0 Å². The van der Waals surface area contributed by atoms with Crippen molar-refractivity contribution in [3.8, 4) is 0 Å². The molecule has 1 unspecified atom stereocenters. The molecular formula is C8H16N2O2. The van der Waals surface area contributed by atoms with Crippen molar-refractivity contribution in [3.05, 3.63) is 0 Å². The summed E-state index contributed by atoms with van der Waals surface area (Å²) in [4.78, 5) is 12.5. The van der Waals surface area contributed by atoms with Gasteiger partial charge in [0.15, 0.2) is 0 Å². The van der Waals surface area contributed by atoms with E-state index in [2.05, 4.69) is 0 Å². The lowest BCUT2D eigenvalue weighted by atomic mass is 10.1. The molecule has 4 nitrogen and oxygen atoms in total. The van der Waals surface area contributed by atoms with Crippen molar-refractivity contribution in [1.29, 1.82) is 0 Å². The van der Waals surface area contributed by atoms with E-state index in [0.717, 1.165) is 25.7 Å². The molecule has 0 aromatic heterocycles. The van der Waals surface area contributed by atoms with Gasteiger partial charge in [-0.05, 0) is 12.8 Å². The quantitative estimate of drug-likeness (QED) is 0.597. The third-order valence-electron chi connectivity index (χ3n) is 2.37. The lowest BCUT2D eigenvalue weighted by Crippen LogP contribution is -2.45. The second-order valence-electron chi connectivity index (χ2n) is 3.22. The highest BCUT2D eigenvalue weighted by Crippen LogP contribution is 2.15. The Bertz CT molecular complexity index is 161. The maximum Gasteiger partial charge on any atom is 0.315 e. The van der Waals surface area contributed by atoms with Crippen LogP contribution in [0.1, 0.15) is 25.7 Å². The van der Waals surface area contributed by atoms with E-state index in [4.69, 9.17) is 10.8 Å². The number of carbonyl (C=O) groups excluding carboxylic acids is 1. The predicted octanol–water partition coefficient (Wildman–Crippen LogP) is 0.302. The molecule has 1 atom stereocenters. The van der Waals surface area contributed by atoms with E-state index in [9.17, 15) is 4.79 Å². The molecule has 1 aliphatic heterocycles. The summed E-state index contributed by atoms with van der Waals surface area (Å²) in [6.07, 6.45) is 4.08. The Hall–Kier alpha value is -0.770. The first-order valence-corrected chi connectivity index (χ1v) is 4.42. The zero-order chi connectivity index (χ0) is 8.97. The number of hydrogen-bond acceptors (Lipinski definition) is 2. The van der Waals surface area contributed by atoms with Crippen LogP contribution in [0.25, 0.3) is 0 Å². The van der Waals surface area contributed by atoms with Crippen molar-refractivity contribution < 1.29 is 9.90 Å². The summed E-state index contributed by atoms with van der Waals surface area (Å²) in [6.45, 7) is 0.726. The Morgan fingerprint density at radius 3 is 2.83 bits per heavy atom. The summed E-state index contributed by atoms with van der Waals surface area (Å²) in [6, 6.07) is -0.457. The fourth-order valence-corrected chi connectivity index (χ4v) is 1.66. The van der Waals surface area contributed by atoms with E-state index in [1.165, 1.54) is 0 Å². The van der Waals surface area contributed by atoms with Crippen LogP contribution in [-0.4, -0.2) is 35.2 Å². The summed E-state index contributed by atoms with van der Waals surface area (Å²) in [7, 11) is 0. The number of amides is 2. The van der Waals surface area contributed by atoms with Gasteiger partial charge in [-0.1, -0.05) is 12.8 Å². The number of primary amides is 1. The van der Waals surface area contributed by atoms with Gasteiger partial charge in [-0.15, -0.1) is 0 Å². The second kappa shape index (κ2) is 4.30. The number of carbonyl (C=O) groups is 1. The van der Waals surface area contributed by atoms with Crippen LogP contribution in [0.2, 0.25) is 0 Å². The van der Waals surface area contributed by atoms with Crippen molar-refractivity contribution in [2.45, 2.75) is 31.7 Å². The number of nitrogens with zero attached hydrogens (tertiary/aromatic N) is 1. The van der Waals surface area contributed by atoms with Gasteiger partial charge in [-0.2, -0.15) is 0 Å². The molecule has 0 aromatic rings. The van der Waals surface area contributed by atoms with Gasteiger partial charge in [0, 0.05) is 6.54 Å². The maximum absolute atomic E-state index is 10.9. The Kier molecular flexibility index (Phi) is 3.34. The zero-order valence-corrected chi connectivity index (χ0v) is 7.20. The molecule has 12 heavy (non-hydrogen) atoms. The van der Waals surface area contributed by atoms with Crippen molar-refractivity contribution in [1.82, 2.24) is 4.90 Å². The molecule has 3 N–H and O–H groups in total. The van der Waals surface area contributed by atoms with Gasteiger partial charge in [-0.3, -0.25) is 0 Å². The van der Waals surface area contributed by atoms with Crippen LogP contribution in [0.5, 0.6) is 0 Å². The number of aliphatic hydroxyl groups excluding tert-OH is 1. The van der Waals surface area contributed by atoms with E-state index < -0.39 is 6.03 Å². The standard InChI is InChI=1S/C8H16N2O2/c9-8(12)10-5-3-1-2-4-7(10)6-11/h7,11H,1-6H2,(H2,9,12). The fourth-order valence-electron chi connectivity index (χ4n) is 1.66. The molecule has 0 radical (unpaired) electrons. The molecule has 1 saturated heterocycles. The number of hydrogen-bond donors (Lipinski definition) is 2. The smallest absolute Gasteiger partial charge is 0.315 e. The molecule has 0 bridgehead atoms. The third-order valence-corrected chi connectivity index (χ3v) is 2.37. The molecule has 1 aliphatic rings. The molecule has 0 spiro atoms. The zero-order valence-electron chi connectivity index (χ0n) is 7.20. The first-order valence-electron chi connectivity index (χ1n) is 4.42. The van der Waals surface area contributed by atoms with Crippen LogP contribution in [0.3, 0.4) is 0 Å². The summed E-state index contributed by atoms with van der Waals surface area (Å²) in [5.41, 5.74) is 5.18. The molecule has 1 fully saturated rings. The summed E-state index contributed by atoms with van der Waals surface area (Å²) in [5.74, 6) is 0. The van der Waals surface area contributed by atoms with Crippen LogP contribution in [-0.2, 0) is 0 Å². The lowest BCUT2D eigenvalue weighted by molar-refractivity contribution is 0.140. The largest absolute Gasteiger partial charge is 0.394 e. The molecular weight excluding hydrogens is 156 g/mol. The summed E-state index contributed by atoms with van der Waals surface area (Å²) < 4.78 is 0. The highest BCUT2D eigenvalue weighted by molar-refractivity contribution is 5.72. The minimum absolute atomic E-state index is 0.0307. The number of rotatable bonds is 1. The normalized spacial score (nSPS) is 25.1. The van der Waals surface area contributed by atoms with E-state index in [1.54, 1.807) is 4.90 Å². The SMILES string of the molecule is NC(=O)N1CCCCCC1CO. The third kappa shape index (κ3) is 2.11. The summed E-state index contributed by atoms with van der Waals surface area (Å²) >= 11 is 0. The average molecular weight is 172 g/mol. The van der Waals surface area contributed by atoms with Gasteiger partial charge in [0.2, 0.25) is 0 Å². The van der Waals surface area contributed by atoms with Crippen LogP contribution < -0.4 is 5.73 Å². The monoisotopic (exact) mass is 172 g/mol. The number of aliphatic hydroxyl groups is 1. The molecule has 2 amide bonds. The number of nitrogens with two attached hydrogens (primary N) is 1. The van der Waals surface area contributed by atoms with Crippen LogP contribution in [0.15, 0.2) is 0 Å². The predicted molar refractivity (Wildman–Crippen MR) is 45.6 cm³/mol. The Morgan fingerprint density at radius 2 is 2.25 bits per heavy atom. The molecule has 0 aliphatic carbocycles. The van der Waals surface area contributed by atoms with Crippen LogP contribution in [0.4, 0.5) is 4.79 Å². The number of urea groups is 1. The van der Waals surface area contributed by atoms with Crippen LogP contribution in [0, 0.1) is 0 Å². The van der Waals surface area contributed by atoms with E-state index in [1.807, 2.05) is 0 Å². The van der Waals surface area contributed by atoms with Gasteiger partial charge in [-0.25, -0.2) is 4.79 Å².